The van der Waals surface area contributed by atoms with Crippen LogP contribution < -0.4 is 25.5 Å². The van der Waals surface area contributed by atoms with E-state index in [1.165, 1.54) is 61.2 Å². The molecular weight excluding hydrogens is 544 g/mol. The minimum absolute atomic E-state index is 0.109. The molecule has 0 saturated heterocycles. The van der Waals surface area contributed by atoms with Crippen molar-refractivity contribution < 1.29 is 33.5 Å². The number of hydrogen-bond donors (Lipinski definition) is 1. The van der Waals surface area contributed by atoms with E-state index in [1.54, 1.807) is 13.8 Å². The van der Waals surface area contributed by atoms with Gasteiger partial charge in [-0.05, 0) is 37.9 Å². The lowest BCUT2D eigenvalue weighted by atomic mass is 10.2. The van der Waals surface area contributed by atoms with E-state index in [4.69, 9.17) is 14.2 Å². The Labute approximate surface area is 233 Å². The summed E-state index contributed by atoms with van der Waals surface area (Å²) in [6, 6.07) is 7.27. The number of carbonyl (C=O) groups excluding carboxylic acids is 3. The number of non-ortho nitro benzene ring substituents is 1. The van der Waals surface area contributed by atoms with Crippen molar-refractivity contribution in [1.82, 2.24) is 0 Å². The van der Waals surface area contributed by atoms with Gasteiger partial charge in [0.2, 0.25) is 5.91 Å². The van der Waals surface area contributed by atoms with Crippen molar-refractivity contribution in [2.24, 2.45) is 14.6 Å². The maximum atomic E-state index is 12.3. The van der Waals surface area contributed by atoms with Crippen molar-refractivity contribution in [1.29, 1.82) is 0 Å². The molecule has 40 heavy (non-hydrogen) atoms. The molecule has 15 heteroatoms. The summed E-state index contributed by atoms with van der Waals surface area (Å²) < 4.78 is 19.9. The number of nitrogens with one attached hydrogen (secondary N) is 1. The number of fused-ring (bicyclic) bond motifs is 1. The van der Waals surface area contributed by atoms with Crippen LogP contribution in [0.4, 0.5) is 22.7 Å². The predicted molar refractivity (Wildman–Crippen MR) is 147 cm³/mol. The average molecular weight is 573 g/mol. The second-order valence-corrected chi connectivity index (χ2v) is 8.89. The van der Waals surface area contributed by atoms with Gasteiger partial charge in [-0.2, -0.15) is 5.11 Å². The number of benzene rings is 2. The van der Waals surface area contributed by atoms with E-state index in [2.05, 4.69) is 19.9 Å². The van der Waals surface area contributed by atoms with Gasteiger partial charge in [-0.1, -0.05) is 0 Å². The maximum absolute atomic E-state index is 12.3. The number of nitro benzene ring substituents is 1. The highest BCUT2D eigenvalue weighted by molar-refractivity contribution is 7.98. The number of nitro groups is 1. The molecule has 0 unspecified atom stereocenters. The largest absolute Gasteiger partial charge is 0.494 e. The molecule has 0 saturated carbocycles. The third-order valence-electron chi connectivity index (χ3n) is 5.34. The molecule has 0 aliphatic carbocycles. The molecule has 0 atom stereocenters. The number of anilines is 2. The first-order chi connectivity index (χ1) is 19.2. The van der Waals surface area contributed by atoms with Gasteiger partial charge in [0.1, 0.15) is 24.5 Å². The third kappa shape index (κ3) is 7.75. The molecule has 2 aromatic rings. The van der Waals surface area contributed by atoms with Gasteiger partial charge in [-0.15, -0.1) is 5.11 Å². The van der Waals surface area contributed by atoms with Gasteiger partial charge in [-0.25, -0.2) is 4.40 Å². The summed E-state index contributed by atoms with van der Waals surface area (Å²) in [5.74, 6) is -1.03. The third-order valence-corrected chi connectivity index (χ3v) is 6.07. The lowest BCUT2D eigenvalue weighted by Crippen LogP contribution is -2.36. The average Bonchev–Trinajstić information content (AvgIpc) is 2.91. The molecule has 1 amide bonds. The first-order valence-corrected chi connectivity index (χ1v) is 13.1. The monoisotopic (exact) mass is 572 g/mol. The van der Waals surface area contributed by atoms with E-state index in [-0.39, 0.29) is 49.1 Å². The number of hydrogen-bond acceptors (Lipinski definition) is 13. The molecule has 0 bridgehead atoms. The van der Waals surface area contributed by atoms with E-state index in [0.717, 1.165) is 0 Å². The summed E-state index contributed by atoms with van der Waals surface area (Å²) in [5, 5.41) is 23.6. The van der Waals surface area contributed by atoms with Crippen LogP contribution in [0.15, 0.2) is 45.0 Å². The summed E-state index contributed by atoms with van der Waals surface area (Å²) in [6.45, 7) is 4.35. The molecule has 2 aromatic carbocycles. The normalized spacial score (nSPS) is 12.2. The Morgan fingerprint density at radius 3 is 2.35 bits per heavy atom. The molecule has 1 N–H and O–H groups in total. The van der Waals surface area contributed by atoms with Crippen LogP contribution in [0, 0.1) is 10.1 Å². The highest BCUT2D eigenvalue weighted by atomic mass is 32.2. The van der Waals surface area contributed by atoms with Crippen LogP contribution in [-0.4, -0.2) is 61.9 Å². The molecule has 1 aliphatic rings. The Kier molecular flexibility index (Phi) is 10.5. The Bertz CT molecular complexity index is 1440. The first kappa shape index (κ1) is 30.0. The van der Waals surface area contributed by atoms with Gasteiger partial charge >= 0.3 is 11.9 Å². The molecule has 0 fully saturated rings. The van der Waals surface area contributed by atoms with Gasteiger partial charge < -0.3 is 24.4 Å². The van der Waals surface area contributed by atoms with E-state index in [0.29, 0.717) is 27.7 Å². The van der Waals surface area contributed by atoms with Crippen molar-refractivity contribution >= 4 is 58.2 Å². The number of ether oxygens (including phenoxy) is 3. The molecule has 1 aliphatic heterocycles. The van der Waals surface area contributed by atoms with Crippen molar-refractivity contribution in [2.45, 2.75) is 20.8 Å². The summed E-state index contributed by atoms with van der Waals surface area (Å²) in [5.41, 5.74) is 1.06. The van der Waals surface area contributed by atoms with Crippen molar-refractivity contribution in [3.05, 3.63) is 51.0 Å². The zero-order valence-corrected chi connectivity index (χ0v) is 23.1. The summed E-state index contributed by atoms with van der Waals surface area (Å²) in [7, 11) is 1.40. The van der Waals surface area contributed by atoms with Gasteiger partial charge in [0.15, 0.2) is 0 Å². The topological polar surface area (TPSA) is 174 Å². The van der Waals surface area contributed by atoms with E-state index >= 15 is 0 Å². The molecule has 14 nitrogen and oxygen atoms in total. The van der Waals surface area contributed by atoms with Gasteiger partial charge in [0.05, 0.1) is 53.4 Å². The number of azo groups is 1. The lowest BCUT2D eigenvalue weighted by Gasteiger charge is -2.25. The number of amides is 1. The highest BCUT2D eigenvalue weighted by Crippen LogP contribution is 2.39. The number of rotatable bonds is 12. The molecule has 1 heterocycles. The number of carbonyl (C=O) groups is 3. The van der Waals surface area contributed by atoms with Crippen LogP contribution >= 0.6 is 11.9 Å². The number of methoxy groups -OCH3 is 1. The second-order valence-electron chi connectivity index (χ2n) is 8.16. The summed E-state index contributed by atoms with van der Waals surface area (Å²) in [4.78, 5) is 48.9. The Morgan fingerprint density at radius 2 is 1.77 bits per heavy atom. The van der Waals surface area contributed by atoms with Crippen LogP contribution in [0.2, 0.25) is 0 Å². The summed E-state index contributed by atoms with van der Waals surface area (Å²) >= 11 is 1.22. The van der Waals surface area contributed by atoms with E-state index in [9.17, 15) is 24.5 Å². The first-order valence-electron chi connectivity index (χ1n) is 12.1. The Morgan fingerprint density at radius 1 is 1.10 bits per heavy atom. The van der Waals surface area contributed by atoms with Crippen LogP contribution in [-0.2, 0) is 23.9 Å². The van der Waals surface area contributed by atoms with Gasteiger partial charge in [0.25, 0.3) is 5.69 Å². The van der Waals surface area contributed by atoms with Crippen molar-refractivity contribution in [2.75, 3.05) is 49.4 Å². The molecule has 3 rings (SSSR count). The standard InChI is InChI=1S/C25H28N6O8S/c1-5-38-24(33)12-30(13-25(34)39-6-2)22-10-19(26-15(3)32)20(11-23(22)37-4)27-28-21-14-40-29-18-8-7-16(31(35)36)9-17(18)21/h7-11H,5-6,12-14H2,1-4H3,(H,26,32). The number of esters is 2. The Balaban J connectivity index is 2.12. The van der Waals surface area contributed by atoms with Crippen molar-refractivity contribution in [3.63, 3.8) is 0 Å². The zero-order valence-electron chi connectivity index (χ0n) is 22.3. The van der Waals surface area contributed by atoms with Crippen LogP contribution in [0.1, 0.15) is 20.8 Å². The fourth-order valence-corrected chi connectivity index (χ4v) is 4.38. The van der Waals surface area contributed by atoms with Crippen LogP contribution in [0.3, 0.4) is 0 Å². The quantitative estimate of drug-likeness (QED) is 0.131. The predicted octanol–water partition coefficient (Wildman–Crippen LogP) is 2.67. The fraction of sp³-hybridized carbons (Fsp3) is 0.360. The minimum atomic E-state index is -0.580. The minimum Gasteiger partial charge on any atom is -0.494 e. The van der Waals surface area contributed by atoms with Gasteiger partial charge in [0, 0.05) is 30.3 Å². The summed E-state index contributed by atoms with van der Waals surface area (Å²) in [6.07, 6.45) is 0. The van der Waals surface area contributed by atoms with E-state index < -0.39 is 22.8 Å². The van der Waals surface area contributed by atoms with Crippen LogP contribution in [0.5, 0.6) is 5.75 Å². The molecule has 0 radical (unpaired) electrons. The Hall–Kier alpha value is -4.53. The number of nitrogens with zero attached hydrogens (tertiary/aromatic N) is 5. The SMILES string of the molecule is CCOC(=O)CN(CC(=O)OCC)c1cc(NC(C)=O)c(N=NC2=c3cc([N+](=O)[O-])ccc3=NSC2)cc1OC. The highest BCUT2D eigenvalue weighted by Gasteiger charge is 2.23. The molecule has 0 aromatic heterocycles. The fourth-order valence-electron chi connectivity index (χ4n) is 3.68. The second kappa shape index (κ2) is 14.0. The lowest BCUT2D eigenvalue weighted by molar-refractivity contribution is -0.385. The maximum Gasteiger partial charge on any atom is 0.325 e. The molecular formula is C25H28N6O8S. The zero-order chi connectivity index (χ0) is 29.2. The molecule has 212 valence electrons. The molecule has 0 spiro atoms. The van der Waals surface area contributed by atoms with Gasteiger partial charge in [-0.3, -0.25) is 24.5 Å². The smallest absolute Gasteiger partial charge is 0.325 e. The van der Waals surface area contributed by atoms with Crippen LogP contribution in [0.25, 0.3) is 5.70 Å². The van der Waals surface area contributed by atoms with E-state index in [1.807, 2.05) is 0 Å². The van der Waals surface area contributed by atoms with Crippen molar-refractivity contribution in [3.8, 4) is 5.75 Å².